The van der Waals surface area contributed by atoms with E-state index in [0.717, 1.165) is 11.3 Å². The number of nitriles is 1. The first kappa shape index (κ1) is 11.9. The Bertz CT molecular complexity index is 604. The lowest BCUT2D eigenvalue weighted by atomic mass is 10.2. The summed E-state index contributed by atoms with van der Waals surface area (Å²) in [6.07, 6.45) is 1.51. The van der Waals surface area contributed by atoms with Gasteiger partial charge in [0.25, 0.3) is 0 Å². The van der Waals surface area contributed by atoms with Crippen LogP contribution in [-0.4, -0.2) is 24.1 Å². The average Bonchev–Trinajstić information content (AvgIpc) is 2.46. The lowest BCUT2D eigenvalue weighted by molar-refractivity contribution is 0.415. The summed E-state index contributed by atoms with van der Waals surface area (Å²) >= 11 is 0. The van der Waals surface area contributed by atoms with Crippen molar-refractivity contribution < 1.29 is 4.74 Å². The van der Waals surface area contributed by atoms with Crippen molar-refractivity contribution in [3.05, 3.63) is 36.0 Å². The number of benzene rings is 1. The smallest absolute Gasteiger partial charge is 0.161 e. The number of ether oxygens (including phenoxy) is 1. The van der Waals surface area contributed by atoms with Crippen molar-refractivity contribution in [2.24, 2.45) is 0 Å². The number of aromatic nitrogens is 2. The summed E-state index contributed by atoms with van der Waals surface area (Å²) in [6, 6.07) is 9.50. The molecule has 0 saturated carbocycles. The van der Waals surface area contributed by atoms with E-state index in [1.165, 1.54) is 6.20 Å². The van der Waals surface area contributed by atoms with Crippen LogP contribution in [0.25, 0.3) is 11.4 Å². The van der Waals surface area contributed by atoms with Gasteiger partial charge in [-0.05, 0) is 12.1 Å². The molecule has 1 heterocycles. The highest BCUT2D eigenvalue weighted by Gasteiger charge is 2.07. The third-order valence-electron chi connectivity index (χ3n) is 2.47. The van der Waals surface area contributed by atoms with E-state index in [2.05, 4.69) is 15.3 Å². The predicted molar refractivity (Wildman–Crippen MR) is 68.3 cm³/mol. The highest BCUT2D eigenvalue weighted by atomic mass is 16.5. The fraction of sp³-hybridized carbons (Fsp3) is 0.154. The Morgan fingerprint density at radius 2 is 2.22 bits per heavy atom. The van der Waals surface area contributed by atoms with Crippen LogP contribution < -0.4 is 10.1 Å². The van der Waals surface area contributed by atoms with Crippen molar-refractivity contribution in [2.45, 2.75) is 0 Å². The van der Waals surface area contributed by atoms with Crippen molar-refractivity contribution in [3.63, 3.8) is 0 Å². The van der Waals surface area contributed by atoms with Gasteiger partial charge in [-0.2, -0.15) is 5.26 Å². The van der Waals surface area contributed by atoms with E-state index in [9.17, 15) is 0 Å². The Balaban J connectivity index is 2.48. The predicted octanol–water partition coefficient (Wildman–Crippen LogP) is 2.07. The molecule has 0 aliphatic rings. The first-order valence-corrected chi connectivity index (χ1v) is 5.38. The second kappa shape index (κ2) is 5.15. The zero-order valence-electron chi connectivity index (χ0n) is 10.1. The van der Waals surface area contributed by atoms with E-state index in [0.29, 0.717) is 17.2 Å². The standard InChI is InChI=1S/C13H12N4O/c1-15-12-10(7-14)8-16-13(17-12)9-4-3-5-11(6-9)18-2/h3-6,8H,1-2H3,(H,15,16,17). The first-order chi connectivity index (χ1) is 8.78. The van der Waals surface area contributed by atoms with Gasteiger partial charge in [0.15, 0.2) is 5.82 Å². The number of hydrogen-bond donors (Lipinski definition) is 1. The Morgan fingerprint density at radius 1 is 1.39 bits per heavy atom. The molecule has 0 aliphatic heterocycles. The maximum absolute atomic E-state index is 8.90. The van der Waals surface area contributed by atoms with Gasteiger partial charge in [0.1, 0.15) is 23.2 Å². The molecule has 0 amide bonds. The topological polar surface area (TPSA) is 70.8 Å². The van der Waals surface area contributed by atoms with Crippen LogP contribution in [0.2, 0.25) is 0 Å². The molecule has 18 heavy (non-hydrogen) atoms. The molecule has 0 bridgehead atoms. The molecule has 1 aromatic heterocycles. The van der Waals surface area contributed by atoms with Crippen LogP contribution in [-0.2, 0) is 0 Å². The van der Waals surface area contributed by atoms with Crippen molar-refractivity contribution in [1.29, 1.82) is 5.26 Å². The Kier molecular flexibility index (Phi) is 3.39. The van der Waals surface area contributed by atoms with Gasteiger partial charge < -0.3 is 10.1 Å². The van der Waals surface area contributed by atoms with E-state index < -0.39 is 0 Å². The Morgan fingerprint density at radius 3 is 2.89 bits per heavy atom. The van der Waals surface area contributed by atoms with Crippen LogP contribution in [0.4, 0.5) is 5.82 Å². The molecule has 0 radical (unpaired) electrons. The molecule has 0 unspecified atom stereocenters. The van der Waals surface area contributed by atoms with Crippen LogP contribution in [0, 0.1) is 11.3 Å². The molecule has 90 valence electrons. The fourth-order valence-corrected chi connectivity index (χ4v) is 1.56. The number of hydrogen-bond acceptors (Lipinski definition) is 5. The molecule has 0 atom stereocenters. The molecular weight excluding hydrogens is 228 g/mol. The van der Waals surface area contributed by atoms with Crippen LogP contribution in [0.5, 0.6) is 5.75 Å². The lowest BCUT2D eigenvalue weighted by Crippen LogP contribution is -2.00. The number of nitrogens with zero attached hydrogens (tertiary/aromatic N) is 3. The van der Waals surface area contributed by atoms with Gasteiger partial charge in [0, 0.05) is 12.6 Å². The largest absolute Gasteiger partial charge is 0.497 e. The number of methoxy groups -OCH3 is 1. The van der Waals surface area contributed by atoms with E-state index in [1.54, 1.807) is 14.2 Å². The highest BCUT2D eigenvalue weighted by molar-refractivity contribution is 5.61. The van der Waals surface area contributed by atoms with Crippen molar-refractivity contribution in [3.8, 4) is 23.2 Å². The summed E-state index contributed by atoms with van der Waals surface area (Å²) in [5.74, 6) is 1.81. The summed E-state index contributed by atoms with van der Waals surface area (Å²) in [5.41, 5.74) is 1.26. The maximum atomic E-state index is 8.90. The molecule has 1 N–H and O–H groups in total. The highest BCUT2D eigenvalue weighted by Crippen LogP contribution is 2.22. The maximum Gasteiger partial charge on any atom is 0.161 e. The Hall–Kier alpha value is -2.61. The summed E-state index contributed by atoms with van der Waals surface area (Å²) in [7, 11) is 3.33. The minimum atomic E-state index is 0.421. The number of nitrogens with one attached hydrogen (secondary N) is 1. The van der Waals surface area contributed by atoms with Crippen LogP contribution >= 0.6 is 0 Å². The Labute approximate surface area is 105 Å². The summed E-state index contributed by atoms with van der Waals surface area (Å²) in [4.78, 5) is 8.48. The third-order valence-corrected chi connectivity index (χ3v) is 2.47. The van der Waals surface area contributed by atoms with Gasteiger partial charge in [0.2, 0.25) is 0 Å². The number of anilines is 1. The summed E-state index contributed by atoms with van der Waals surface area (Å²) in [5, 5.41) is 11.8. The zero-order chi connectivity index (χ0) is 13.0. The molecule has 0 aliphatic carbocycles. The zero-order valence-corrected chi connectivity index (χ0v) is 10.1. The van der Waals surface area contributed by atoms with Crippen molar-refractivity contribution >= 4 is 5.82 Å². The average molecular weight is 240 g/mol. The van der Waals surface area contributed by atoms with Gasteiger partial charge >= 0.3 is 0 Å². The lowest BCUT2D eigenvalue weighted by Gasteiger charge is -2.06. The molecular formula is C13H12N4O. The third kappa shape index (κ3) is 2.23. The molecule has 5 nitrogen and oxygen atoms in total. The van der Waals surface area contributed by atoms with E-state index in [-0.39, 0.29) is 0 Å². The van der Waals surface area contributed by atoms with Crippen LogP contribution in [0.1, 0.15) is 5.56 Å². The van der Waals surface area contributed by atoms with Crippen LogP contribution in [0.15, 0.2) is 30.5 Å². The molecule has 5 heteroatoms. The molecule has 2 rings (SSSR count). The van der Waals surface area contributed by atoms with Gasteiger partial charge in [0.05, 0.1) is 13.3 Å². The molecule has 0 fully saturated rings. The van der Waals surface area contributed by atoms with Crippen molar-refractivity contribution in [2.75, 3.05) is 19.5 Å². The minimum Gasteiger partial charge on any atom is -0.497 e. The second-order valence-electron chi connectivity index (χ2n) is 3.55. The van der Waals surface area contributed by atoms with E-state index in [4.69, 9.17) is 10.00 Å². The van der Waals surface area contributed by atoms with Gasteiger partial charge in [-0.25, -0.2) is 9.97 Å². The first-order valence-electron chi connectivity index (χ1n) is 5.38. The molecule has 0 spiro atoms. The van der Waals surface area contributed by atoms with Gasteiger partial charge in [-0.15, -0.1) is 0 Å². The minimum absolute atomic E-state index is 0.421. The van der Waals surface area contributed by atoms with Crippen LogP contribution in [0.3, 0.4) is 0 Å². The molecule has 0 saturated heterocycles. The van der Waals surface area contributed by atoms with Gasteiger partial charge in [-0.3, -0.25) is 0 Å². The summed E-state index contributed by atoms with van der Waals surface area (Å²) < 4.78 is 5.15. The SMILES string of the molecule is CNc1nc(-c2cccc(OC)c2)ncc1C#N. The van der Waals surface area contributed by atoms with E-state index in [1.807, 2.05) is 30.3 Å². The quantitative estimate of drug-likeness (QED) is 0.889. The molecule has 2 aromatic rings. The second-order valence-corrected chi connectivity index (χ2v) is 3.55. The van der Waals surface area contributed by atoms with E-state index >= 15 is 0 Å². The molecule has 1 aromatic carbocycles. The summed E-state index contributed by atoms with van der Waals surface area (Å²) in [6.45, 7) is 0. The van der Waals surface area contributed by atoms with Crippen molar-refractivity contribution in [1.82, 2.24) is 9.97 Å². The normalized spacial score (nSPS) is 9.61. The monoisotopic (exact) mass is 240 g/mol. The van der Waals surface area contributed by atoms with Gasteiger partial charge in [-0.1, -0.05) is 12.1 Å². The number of rotatable bonds is 3. The fourth-order valence-electron chi connectivity index (χ4n) is 1.56.